The zero-order valence-corrected chi connectivity index (χ0v) is 16.5. The Bertz CT molecular complexity index is 1020. The number of hydrogen-bond donors (Lipinski definition) is 0. The number of benzene rings is 2. The lowest BCUT2D eigenvalue weighted by atomic mass is 10.0. The molecule has 2 aliphatic heterocycles. The fourth-order valence-electron chi connectivity index (χ4n) is 3.67. The number of nitro groups is 1. The summed E-state index contributed by atoms with van der Waals surface area (Å²) in [5, 5.41) is 11.0. The summed E-state index contributed by atoms with van der Waals surface area (Å²) in [5.41, 5.74) is 2.99. The van der Waals surface area contributed by atoms with E-state index < -0.39 is 10.8 Å². The number of amides is 2. The number of rotatable bonds is 5. The monoisotopic (exact) mass is 407 g/mol. The van der Waals surface area contributed by atoms with E-state index in [-0.39, 0.29) is 23.7 Å². The van der Waals surface area contributed by atoms with Crippen LogP contribution in [-0.4, -0.2) is 52.8 Å². The molecular formula is C22H21N3O5. The summed E-state index contributed by atoms with van der Waals surface area (Å²) in [5.74, 6) is -0.744. The lowest BCUT2D eigenvalue weighted by Gasteiger charge is -2.29. The SMILES string of the molecule is Cc1ccc(CN2C(=O)C(c3ccc([N+](=O)[O-])cc3)=C(N3CCOCC3)C2=O)cc1. The Labute approximate surface area is 173 Å². The molecule has 2 amide bonds. The van der Waals surface area contributed by atoms with Crippen molar-refractivity contribution in [3.05, 3.63) is 81.0 Å². The molecule has 0 bridgehead atoms. The van der Waals surface area contributed by atoms with E-state index in [0.717, 1.165) is 11.1 Å². The van der Waals surface area contributed by atoms with Crippen LogP contribution >= 0.6 is 0 Å². The van der Waals surface area contributed by atoms with Crippen molar-refractivity contribution in [1.29, 1.82) is 0 Å². The largest absolute Gasteiger partial charge is 0.378 e. The number of ether oxygens (including phenoxy) is 1. The maximum absolute atomic E-state index is 13.3. The second-order valence-corrected chi connectivity index (χ2v) is 7.31. The molecule has 0 radical (unpaired) electrons. The molecule has 0 unspecified atom stereocenters. The van der Waals surface area contributed by atoms with Crippen LogP contribution in [0.15, 0.2) is 54.2 Å². The first kappa shape index (κ1) is 19.8. The minimum Gasteiger partial charge on any atom is -0.378 e. The number of carbonyl (C=O) groups is 2. The summed E-state index contributed by atoms with van der Waals surface area (Å²) >= 11 is 0. The number of carbonyl (C=O) groups excluding carboxylic acids is 2. The van der Waals surface area contributed by atoms with Crippen molar-refractivity contribution in [3.63, 3.8) is 0 Å². The van der Waals surface area contributed by atoms with Gasteiger partial charge in [0.1, 0.15) is 5.70 Å². The standard InChI is InChI=1S/C22H21N3O5/c1-15-2-4-16(5-3-15)14-24-21(26)19(17-6-8-18(9-7-17)25(28)29)20(22(24)27)23-10-12-30-13-11-23/h2-9H,10-14H2,1H3. The van der Waals surface area contributed by atoms with Crippen LogP contribution < -0.4 is 0 Å². The molecule has 8 nitrogen and oxygen atoms in total. The van der Waals surface area contributed by atoms with Crippen LogP contribution in [0.5, 0.6) is 0 Å². The van der Waals surface area contributed by atoms with Crippen molar-refractivity contribution in [3.8, 4) is 0 Å². The second-order valence-electron chi connectivity index (χ2n) is 7.31. The summed E-state index contributed by atoms with van der Waals surface area (Å²) in [7, 11) is 0. The van der Waals surface area contributed by atoms with Gasteiger partial charge in [-0.1, -0.05) is 29.8 Å². The van der Waals surface area contributed by atoms with Crippen LogP contribution in [0.2, 0.25) is 0 Å². The van der Waals surface area contributed by atoms with Crippen molar-refractivity contribution in [2.24, 2.45) is 0 Å². The van der Waals surface area contributed by atoms with Gasteiger partial charge in [0, 0.05) is 25.2 Å². The zero-order chi connectivity index (χ0) is 21.3. The number of aryl methyl sites for hydroxylation is 1. The van der Waals surface area contributed by atoms with Crippen molar-refractivity contribution < 1.29 is 19.2 Å². The molecule has 0 aliphatic carbocycles. The van der Waals surface area contributed by atoms with Crippen LogP contribution in [0.4, 0.5) is 5.69 Å². The molecule has 154 valence electrons. The molecule has 8 heteroatoms. The second kappa shape index (κ2) is 8.08. The third-order valence-electron chi connectivity index (χ3n) is 5.30. The molecule has 0 aromatic heterocycles. The number of nitro benzene ring substituents is 1. The molecular weight excluding hydrogens is 386 g/mol. The molecule has 2 heterocycles. The van der Waals surface area contributed by atoms with E-state index in [2.05, 4.69) is 0 Å². The van der Waals surface area contributed by atoms with E-state index in [0.29, 0.717) is 37.6 Å². The van der Waals surface area contributed by atoms with E-state index in [9.17, 15) is 19.7 Å². The molecule has 4 rings (SSSR count). The van der Waals surface area contributed by atoms with Crippen LogP contribution in [0.3, 0.4) is 0 Å². The average molecular weight is 407 g/mol. The van der Waals surface area contributed by atoms with Crippen LogP contribution in [-0.2, 0) is 20.9 Å². The minimum absolute atomic E-state index is 0.0689. The molecule has 0 spiro atoms. The highest BCUT2D eigenvalue weighted by atomic mass is 16.6. The first-order chi connectivity index (χ1) is 14.5. The maximum atomic E-state index is 13.3. The van der Waals surface area contributed by atoms with Gasteiger partial charge in [0.05, 0.1) is 30.3 Å². The minimum atomic E-state index is -0.494. The third-order valence-corrected chi connectivity index (χ3v) is 5.30. The van der Waals surface area contributed by atoms with E-state index in [1.807, 2.05) is 36.1 Å². The van der Waals surface area contributed by atoms with Crippen molar-refractivity contribution in [2.75, 3.05) is 26.3 Å². The molecule has 2 aromatic rings. The zero-order valence-electron chi connectivity index (χ0n) is 16.5. The predicted molar refractivity (Wildman–Crippen MR) is 109 cm³/mol. The van der Waals surface area contributed by atoms with Gasteiger partial charge in [0.15, 0.2) is 0 Å². The van der Waals surface area contributed by atoms with E-state index in [1.54, 1.807) is 0 Å². The Balaban J connectivity index is 1.72. The van der Waals surface area contributed by atoms with E-state index in [1.165, 1.54) is 29.2 Å². The molecule has 0 saturated carbocycles. The van der Waals surface area contributed by atoms with Crippen LogP contribution in [0.25, 0.3) is 5.57 Å². The third kappa shape index (κ3) is 3.69. The molecule has 2 aromatic carbocycles. The molecule has 1 saturated heterocycles. The Hall–Kier alpha value is -3.52. The number of morpholine rings is 1. The smallest absolute Gasteiger partial charge is 0.278 e. The van der Waals surface area contributed by atoms with Gasteiger partial charge >= 0.3 is 0 Å². The number of hydrogen-bond acceptors (Lipinski definition) is 6. The highest BCUT2D eigenvalue weighted by Crippen LogP contribution is 2.33. The summed E-state index contributed by atoms with van der Waals surface area (Å²) in [6.45, 7) is 4.09. The molecule has 1 fully saturated rings. The van der Waals surface area contributed by atoms with E-state index in [4.69, 9.17) is 4.74 Å². The number of non-ortho nitro benzene ring substituents is 1. The number of imide groups is 1. The van der Waals surface area contributed by atoms with Gasteiger partial charge in [-0.25, -0.2) is 0 Å². The topological polar surface area (TPSA) is 93.0 Å². The Kier molecular flexibility index (Phi) is 5.33. The first-order valence-electron chi connectivity index (χ1n) is 9.69. The summed E-state index contributed by atoms with van der Waals surface area (Å²) < 4.78 is 5.39. The Morgan fingerprint density at radius 3 is 2.20 bits per heavy atom. The summed E-state index contributed by atoms with van der Waals surface area (Å²) in [4.78, 5) is 40.2. The first-order valence-corrected chi connectivity index (χ1v) is 9.69. The fourth-order valence-corrected chi connectivity index (χ4v) is 3.67. The summed E-state index contributed by atoms with van der Waals surface area (Å²) in [6.07, 6.45) is 0. The Morgan fingerprint density at radius 2 is 1.60 bits per heavy atom. The highest BCUT2D eigenvalue weighted by molar-refractivity contribution is 6.35. The summed E-state index contributed by atoms with van der Waals surface area (Å²) in [6, 6.07) is 13.4. The lowest BCUT2D eigenvalue weighted by Crippen LogP contribution is -2.40. The van der Waals surface area contributed by atoms with Crippen molar-refractivity contribution in [2.45, 2.75) is 13.5 Å². The predicted octanol–water partition coefficient (Wildman–Crippen LogP) is 2.52. The molecule has 0 N–H and O–H groups in total. The van der Waals surface area contributed by atoms with Crippen molar-refractivity contribution in [1.82, 2.24) is 9.80 Å². The quantitative estimate of drug-likeness (QED) is 0.430. The molecule has 30 heavy (non-hydrogen) atoms. The van der Waals surface area contributed by atoms with Crippen LogP contribution in [0.1, 0.15) is 16.7 Å². The van der Waals surface area contributed by atoms with Gasteiger partial charge in [-0.2, -0.15) is 0 Å². The number of nitrogens with zero attached hydrogens (tertiary/aromatic N) is 3. The van der Waals surface area contributed by atoms with Gasteiger partial charge in [0.2, 0.25) is 0 Å². The van der Waals surface area contributed by atoms with Gasteiger partial charge in [0.25, 0.3) is 17.5 Å². The van der Waals surface area contributed by atoms with E-state index >= 15 is 0 Å². The average Bonchev–Trinajstić information content (AvgIpc) is 3.00. The normalized spacial score (nSPS) is 17.1. The van der Waals surface area contributed by atoms with Gasteiger partial charge in [-0.05, 0) is 30.2 Å². The lowest BCUT2D eigenvalue weighted by molar-refractivity contribution is -0.384. The Morgan fingerprint density at radius 1 is 0.967 bits per heavy atom. The fraction of sp³-hybridized carbons (Fsp3) is 0.273. The molecule has 2 aliphatic rings. The van der Waals surface area contributed by atoms with Crippen molar-refractivity contribution >= 4 is 23.1 Å². The van der Waals surface area contributed by atoms with Crippen LogP contribution in [0, 0.1) is 17.0 Å². The maximum Gasteiger partial charge on any atom is 0.278 e. The van der Waals surface area contributed by atoms with Gasteiger partial charge < -0.3 is 9.64 Å². The van der Waals surface area contributed by atoms with Gasteiger partial charge in [-0.15, -0.1) is 0 Å². The molecule has 0 atom stereocenters. The van der Waals surface area contributed by atoms with Gasteiger partial charge in [-0.3, -0.25) is 24.6 Å². The highest BCUT2D eigenvalue weighted by Gasteiger charge is 2.41.